The molecule has 2 aromatic rings. The Bertz CT molecular complexity index is 893. The fraction of sp³-hybridized carbons (Fsp3) is 0.333. The van der Waals surface area contributed by atoms with Gasteiger partial charge in [-0.2, -0.15) is 13.2 Å². The maximum absolute atomic E-state index is 13.0. The van der Waals surface area contributed by atoms with E-state index in [1.54, 1.807) is 6.08 Å². The molecule has 1 aliphatic rings. The monoisotopic (exact) mass is 351 g/mol. The molecule has 1 fully saturated rings. The lowest BCUT2D eigenvalue weighted by molar-refractivity contribution is -0.136. The smallest absolute Gasteiger partial charge is 0.417 e. The zero-order valence-electron chi connectivity index (χ0n) is 13.3. The van der Waals surface area contributed by atoms with Gasteiger partial charge in [-0.05, 0) is 25.0 Å². The first kappa shape index (κ1) is 17.3. The minimum Gasteiger partial charge on any atom is -0.423 e. The van der Waals surface area contributed by atoms with Crippen LogP contribution in [0.15, 0.2) is 46.1 Å². The highest BCUT2D eigenvalue weighted by Crippen LogP contribution is 2.40. The summed E-state index contributed by atoms with van der Waals surface area (Å²) in [4.78, 5) is 24.0. The van der Waals surface area contributed by atoms with E-state index in [0.717, 1.165) is 12.8 Å². The molecular weight excluding hydrogens is 335 g/mol. The molecule has 1 heterocycles. The van der Waals surface area contributed by atoms with Crippen molar-refractivity contribution in [1.82, 2.24) is 0 Å². The predicted octanol–water partition coefficient (Wildman–Crippen LogP) is 4.50. The average molecular weight is 351 g/mol. The Labute approximate surface area is 141 Å². The molecule has 7 heteroatoms. The van der Waals surface area contributed by atoms with Crippen molar-refractivity contribution in [2.45, 2.75) is 31.9 Å². The van der Waals surface area contributed by atoms with Gasteiger partial charge in [0.1, 0.15) is 5.58 Å². The van der Waals surface area contributed by atoms with Crippen LogP contribution in [-0.4, -0.2) is 5.91 Å². The van der Waals surface area contributed by atoms with E-state index >= 15 is 0 Å². The van der Waals surface area contributed by atoms with Gasteiger partial charge in [0.15, 0.2) is 0 Å². The van der Waals surface area contributed by atoms with Gasteiger partial charge in [0.25, 0.3) is 0 Å². The molecule has 25 heavy (non-hydrogen) atoms. The summed E-state index contributed by atoms with van der Waals surface area (Å²) in [6.45, 7) is 3.73. The van der Waals surface area contributed by atoms with Crippen LogP contribution in [0.4, 0.5) is 18.9 Å². The lowest BCUT2D eigenvalue weighted by atomic mass is 9.85. The first-order valence-electron chi connectivity index (χ1n) is 7.85. The second kappa shape index (κ2) is 6.06. The molecule has 1 aromatic carbocycles. The molecule has 0 aliphatic heterocycles. The number of nitrogens with one attached hydrogen (secondary N) is 1. The van der Waals surface area contributed by atoms with Crippen LogP contribution >= 0.6 is 0 Å². The Morgan fingerprint density at radius 1 is 1.24 bits per heavy atom. The van der Waals surface area contributed by atoms with E-state index in [0.29, 0.717) is 18.9 Å². The topological polar surface area (TPSA) is 59.3 Å². The van der Waals surface area contributed by atoms with Crippen LogP contribution in [-0.2, 0) is 11.0 Å². The largest absolute Gasteiger partial charge is 0.423 e. The minimum absolute atomic E-state index is 0.225. The molecule has 0 atom stereocenters. The first-order valence-corrected chi connectivity index (χ1v) is 7.85. The molecule has 1 amide bonds. The van der Waals surface area contributed by atoms with E-state index in [1.807, 2.05) is 0 Å². The van der Waals surface area contributed by atoms with Gasteiger partial charge in [-0.15, -0.1) is 6.58 Å². The van der Waals surface area contributed by atoms with Crippen molar-refractivity contribution < 1.29 is 22.4 Å². The maximum Gasteiger partial charge on any atom is 0.417 e. The summed E-state index contributed by atoms with van der Waals surface area (Å²) in [7, 11) is 0. The zero-order chi connectivity index (χ0) is 18.2. The van der Waals surface area contributed by atoms with E-state index in [-0.39, 0.29) is 22.6 Å². The molecular formula is C18H16F3NO3. The Morgan fingerprint density at radius 3 is 2.52 bits per heavy atom. The highest BCUT2D eigenvalue weighted by molar-refractivity contribution is 5.98. The third-order valence-electron chi connectivity index (χ3n) is 4.65. The number of halogens is 3. The van der Waals surface area contributed by atoms with Gasteiger partial charge in [-0.1, -0.05) is 18.9 Å². The quantitative estimate of drug-likeness (QED) is 0.654. The summed E-state index contributed by atoms with van der Waals surface area (Å²) in [5.74, 6) is -0.256. The number of fused-ring (bicyclic) bond motifs is 1. The molecule has 1 aliphatic carbocycles. The number of carbonyl (C=O) groups is 1. The molecule has 1 aromatic heterocycles. The van der Waals surface area contributed by atoms with Crippen molar-refractivity contribution in [2.75, 3.05) is 5.32 Å². The van der Waals surface area contributed by atoms with Crippen LogP contribution < -0.4 is 10.9 Å². The fourth-order valence-electron chi connectivity index (χ4n) is 3.26. The minimum atomic E-state index is -4.67. The molecule has 0 radical (unpaired) electrons. The fourth-order valence-corrected chi connectivity index (χ4v) is 3.26. The lowest BCUT2D eigenvalue weighted by Crippen LogP contribution is -2.31. The number of carbonyl (C=O) groups excluding carboxylic acids is 1. The summed E-state index contributed by atoms with van der Waals surface area (Å²) >= 11 is 0. The molecule has 0 bridgehead atoms. The summed E-state index contributed by atoms with van der Waals surface area (Å²) in [5, 5.41) is 2.46. The lowest BCUT2D eigenvalue weighted by Gasteiger charge is -2.23. The SMILES string of the molecule is C=CC1(C(=O)Nc2ccc3c(C(F)(F)F)cc(=O)oc3c2)CCCC1. The maximum atomic E-state index is 13.0. The van der Waals surface area contributed by atoms with Crippen molar-refractivity contribution in [3.05, 3.63) is 52.9 Å². The van der Waals surface area contributed by atoms with Gasteiger partial charge in [0, 0.05) is 23.2 Å². The second-order valence-corrected chi connectivity index (χ2v) is 6.21. The van der Waals surface area contributed by atoms with E-state index in [2.05, 4.69) is 11.9 Å². The third-order valence-corrected chi connectivity index (χ3v) is 4.65. The Hall–Kier alpha value is -2.57. The number of hydrogen-bond acceptors (Lipinski definition) is 3. The summed E-state index contributed by atoms with van der Waals surface area (Å²) in [5.41, 5.74) is -2.77. The van der Waals surface area contributed by atoms with Crippen LogP contribution in [0.3, 0.4) is 0 Å². The van der Waals surface area contributed by atoms with Crippen molar-refractivity contribution in [1.29, 1.82) is 0 Å². The normalized spacial score (nSPS) is 16.8. The number of rotatable bonds is 3. The molecule has 3 rings (SSSR count). The molecule has 0 saturated heterocycles. The van der Waals surface area contributed by atoms with E-state index in [1.165, 1.54) is 18.2 Å². The van der Waals surface area contributed by atoms with Gasteiger partial charge >= 0.3 is 11.8 Å². The molecule has 4 nitrogen and oxygen atoms in total. The second-order valence-electron chi connectivity index (χ2n) is 6.21. The predicted molar refractivity (Wildman–Crippen MR) is 87.2 cm³/mol. The van der Waals surface area contributed by atoms with Crippen LogP contribution in [0.1, 0.15) is 31.2 Å². The van der Waals surface area contributed by atoms with E-state index in [9.17, 15) is 22.8 Å². The number of amides is 1. The van der Waals surface area contributed by atoms with Gasteiger partial charge in [-0.3, -0.25) is 4.79 Å². The van der Waals surface area contributed by atoms with Crippen molar-refractivity contribution in [3.8, 4) is 0 Å². The highest BCUT2D eigenvalue weighted by Gasteiger charge is 2.38. The van der Waals surface area contributed by atoms with Gasteiger partial charge in [0.2, 0.25) is 5.91 Å². The number of hydrogen-bond donors (Lipinski definition) is 1. The van der Waals surface area contributed by atoms with Gasteiger partial charge in [-0.25, -0.2) is 4.79 Å². The van der Waals surface area contributed by atoms with E-state index < -0.39 is 22.8 Å². The van der Waals surface area contributed by atoms with Gasteiger partial charge < -0.3 is 9.73 Å². The highest BCUT2D eigenvalue weighted by atomic mass is 19.4. The third kappa shape index (κ3) is 3.18. The summed E-state index contributed by atoms with van der Waals surface area (Å²) in [6.07, 6.45) is 0.155. The van der Waals surface area contributed by atoms with Crippen molar-refractivity contribution >= 4 is 22.6 Å². The molecule has 132 valence electrons. The van der Waals surface area contributed by atoms with Crippen LogP contribution in [0.2, 0.25) is 0 Å². The molecule has 1 N–H and O–H groups in total. The van der Waals surface area contributed by atoms with Crippen LogP contribution in [0, 0.1) is 5.41 Å². The van der Waals surface area contributed by atoms with Crippen LogP contribution in [0.5, 0.6) is 0 Å². The van der Waals surface area contributed by atoms with Crippen molar-refractivity contribution in [2.24, 2.45) is 5.41 Å². The number of benzene rings is 1. The van der Waals surface area contributed by atoms with E-state index in [4.69, 9.17) is 4.42 Å². The zero-order valence-corrected chi connectivity index (χ0v) is 13.3. The summed E-state index contributed by atoms with van der Waals surface area (Å²) < 4.78 is 44.0. The number of alkyl halides is 3. The Balaban J connectivity index is 1.98. The van der Waals surface area contributed by atoms with Crippen molar-refractivity contribution in [3.63, 3.8) is 0 Å². The first-order chi connectivity index (χ1) is 11.7. The Morgan fingerprint density at radius 2 is 1.92 bits per heavy atom. The molecule has 1 saturated carbocycles. The number of anilines is 1. The average Bonchev–Trinajstić information content (AvgIpc) is 3.03. The Kier molecular flexibility index (Phi) is 4.18. The van der Waals surface area contributed by atoms with Gasteiger partial charge in [0.05, 0.1) is 11.0 Å². The van der Waals surface area contributed by atoms with Crippen LogP contribution in [0.25, 0.3) is 11.0 Å². The standard InChI is InChI=1S/C18H16F3NO3/c1-2-17(7-3-4-8-17)16(24)22-11-5-6-12-13(18(19,20)21)10-15(23)25-14(12)9-11/h2,5-6,9-10H,1,3-4,7-8H2,(H,22,24). The molecule has 0 unspecified atom stereocenters. The summed E-state index contributed by atoms with van der Waals surface area (Å²) in [6, 6.07) is 4.20. The molecule has 0 spiro atoms.